The zero-order valence-electron chi connectivity index (χ0n) is 16.5. The van der Waals surface area contributed by atoms with Crippen molar-refractivity contribution in [2.24, 2.45) is 5.92 Å². The maximum Gasteiger partial charge on any atom is 0.251 e. The van der Waals surface area contributed by atoms with Crippen LogP contribution in [0.2, 0.25) is 0 Å². The maximum absolute atomic E-state index is 12.9. The summed E-state index contributed by atoms with van der Waals surface area (Å²) in [5.41, 5.74) is 0.557. The van der Waals surface area contributed by atoms with Crippen LogP contribution in [0, 0.1) is 5.92 Å². The van der Waals surface area contributed by atoms with E-state index in [2.05, 4.69) is 24.3 Å². The Morgan fingerprint density at radius 3 is 2.61 bits per heavy atom. The van der Waals surface area contributed by atoms with E-state index in [0.717, 1.165) is 30.9 Å². The zero-order valence-corrected chi connectivity index (χ0v) is 16.5. The number of aromatic nitrogens is 3. The number of nitrogens with zero attached hydrogens (tertiary/aromatic N) is 4. The molecular weight excluding hydrogens is 354 g/mol. The minimum atomic E-state index is -0.231. The van der Waals surface area contributed by atoms with Crippen molar-refractivity contribution in [2.75, 3.05) is 13.1 Å². The molecule has 7 heteroatoms. The minimum absolute atomic E-state index is 0.00799. The lowest BCUT2D eigenvalue weighted by Crippen LogP contribution is -2.47. The second-order valence-corrected chi connectivity index (χ2v) is 8.11. The van der Waals surface area contributed by atoms with E-state index in [4.69, 9.17) is 4.98 Å². The van der Waals surface area contributed by atoms with Gasteiger partial charge in [0.1, 0.15) is 5.82 Å². The number of amides is 2. The topological polar surface area (TPSA) is 80.1 Å². The molecule has 1 atom stereocenters. The van der Waals surface area contributed by atoms with E-state index in [1.165, 1.54) is 0 Å². The summed E-state index contributed by atoms with van der Waals surface area (Å²) in [6.45, 7) is 5.54. The first-order valence-electron chi connectivity index (χ1n) is 10.1. The molecule has 1 fully saturated rings. The SMILES string of the molecule is CC(C)C[C@H]1c2nc(C3CC3)nn2CCN1C(=O)CNC(=O)c1ccccc1. The Kier molecular flexibility index (Phi) is 5.15. The molecule has 0 spiro atoms. The van der Waals surface area contributed by atoms with Gasteiger partial charge in [-0.25, -0.2) is 9.67 Å². The van der Waals surface area contributed by atoms with Crippen LogP contribution < -0.4 is 5.32 Å². The fraction of sp³-hybridized carbons (Fsp3) is 0.524. The lowest BCUT2D eigenvalue weighted by Gasteiger charge is -2.36. The van der Waals surface area contributed by atoms with Gasteiger partial charge in [0.05, 0.1) is 19.1 Å². The van der Waals surface area contributed by atoms with Gasteiger partial charge in [-0.05, 0) is 37.3 Å². The molecule has 1 aliphatic heterocycles. The molecule has 1 N–H and O–H groups in total. The van der Waals surface area contributed by atoms with Gasteiger partial charge in [0, 0.05) is 18.0 Å². The van der Waals surface area contributed by atoms with Crippen molar-refractivity contribution in [3.63, 3.8) is 0 Å². The lowest BCUT2D eigenvalue weighted by atomic mass is 10.00. The second kappa shape index (κ2) is 7.73. The number of carbonyl (C=O) groups excluding carboxylic acids is 2. The van der Waals surface area contributed by atoms with Gasteiger partial charge >= 0.3 is 0 Å². The van der Waals surface area contributed by atoms with E-state index in [9.17, 15) is 9.59 Å². The third-order valence-corrected chi connectivity index (χ3v) is 5.34. The summed E-state index contributed by atoms with van der Waals surface area (Å²) in [6, 6.07) is 8.87. The molecule has 148 valence electrons. The van der Waals surface area contributed by atoms with Crippen molar-refractivity contribution in [3.8, 4) is 0 Å². The van der Waals surface area contributed by atoms with Gasteiger partial charge in [0.2, 0.25) is 5.91 Å². The highest BCUT2D eigenvalue weighted by Crippen LogP contribution is 2.40. The molecule has 2 aliphatic rings. The summed E-state index contributed by atoms with van der Waals surface area (Å²) in [5.74, 6) is 2.43. The number of benzene rings is 1. The van der Waals surface area contributed by atoms with Gasteiger partial charge in [-0.2, -0.15) is 5.10 Å². The molecule has 4 rings (SSSR count). The van der Waals surface area contributed by atoms with Crippen LogP contribution in [0.4, 0.5) is 0 Å². The molecule has 0 radical (unpaired) electrons. The summed E-state index contributed by atoms with van der Waals surface area (Å²) >= 11 is 0. The third-order valence-electron chi connectivity index (χ3n) is 5.34. The van der Waals surface area contributed by atoms with Crippen LogP contribution in [-0.4, -0.2) is 44.6 Å². The van der Waals surface area contributed by atoms with E-state index in [1.54, 1.807) is 12.1 Å². The highest BCUT2D eigenvalue weighted by Gasteiger charge is 2.36. The van der Waals surface area contributed by atoms with Crippen molar-refractivity contribution >= 4 is 11.8 Å². The number of rotatable bonds is 6. The van der Waals surface area contributed by atoms with Crippen LogP contribution in [0.25, 0.3) is 0 Å². The van der Waals surface area contributed by atoms with Crippen molar-refractivity contribution in [2.45, 2.75) is 51.6 Å². The molecule has 0 unspecified atom stereocenters. The summed E-state index contributed by atoms with van der Waals surface area (Å²) in [5, 5.41) is 7.43. The standard InChI is InChI=1S/C21H27N5O2/c1-14(2)12-17-20-23-19(15-8-9-15)24-26(20)11-10-25(17)18(27)13-22-21(28)16-6-4-3-5-7-16/h3-7,14-15,17H,8-13H2,1-2H3,(H,22,28)/t17-/m0/s1. The Labute approximate surface area is 165 Å². The fourth-order valence-electron chi connectivity index (χ4n) is 3.72. The quantitative estimate of drug-likeness (QED) is 0.834. The average molecular weight is 381 g/mol. The highest BCUT2D eigenvalue weighted by molar-refractivity contribution is 5.96. The molecule has 0 bridgehead atoms. The molecule has 1 aromatic carbocycles. The Balaban J connectivity index is 1.47. The Hall–Kier alpha value is -2.70. The number of fused-ring (bicyclic) bond motifs is 1. The minimum Gasteiger partial charge on any atom is -0.343 e. The molecule has 0 saturated heterocycles. The van der Waals surface area contributed by atoms with Crippen LogP contribution in [0.1, 0.15) is 67.1 Å². The molecule has 28 heavy (non-hydrogen) atoms. The second-order valence-electron chi connectivity index (χ2n) is 8.11. The fourth-order valence-corrected chi connectivity index (χ4v) is 3.72. The van der Waals surface area contributed by atoms with E-state index in [1.807, 2.05) is 27.8 Å². The van der Waals surface area contributed by atoms with Crippen molar-refractivity contribution in [3.05, 3.63) is 47.5 Å². The molecule has 2 amide bonds. The predicted molar refractivity (Wildman–Crippen MR) is 105 cm³/mol. The van der Waals surface area contributed by atoms with Gasteiger partial charge in [-0.15, -0.1) is 0 Å². The average Bonchev–Trinajstić information content (AvgIpc) is 3.45. The van der Waals surface area contributed by atoms with Crippen LogP contribution in [-0.2, 0) is 11.3 Å². The van der Waals surface area contributed by atoms with Crippen molar-refractivity contribution < 1.29 is 9.59 Å². The summed E-state index contributed by atoms with van der Waals surface area (Å²) < 4.78 is 1.98. The van der Waals surface area contributed by atoms with E-state index < -0.39 is 0 Å². The smallest absolute Gasteiger partial charge is 0.251 e. The molecular formula is C21H27N5O2. The first-order valence-corrected chi connectivity index (χ1v) is 10.1. The highest BCUT2D eigenvalue weighted by atomic mass is 16.2. The Morgan fingerprint density at radius 1 is 1.18 bits per heavy atom. The normalized spacial score (nSPS) is 18.8. The van der Waals surface area contributed by atoms with Crippen LogP contribution >= 0.6 is 0 Å². The molecule has 1 aromatic heterocycles. The first kappa shape index (κ1) is 18.7. The van der Waals surface area contributed by atoms with E-state index >= 15 is 0 Å². The van der Waals surface area contributed by atoms with Gasteiger partial charge in [-0.1, -0.05) is 32.0 Å². The third kappa shape index (κ3) is 3.93. The van der Waals surface area contributed by atoms with Gasteiger partial charge in [0.25, 0.3) is 5.91 Å². The van der Waals surface area contributed by atoms with E-state index in [0.29, 0.717) is 30.5 Å². The summed E-state index contributed by atoms with van der Waals surface area (Å²) in [4.78, 5) is 31.9. The van der Waals surface area contributed by atoms with Gasteiger partial charge < -0.3 is 10.2 Å². The molecule has 2 heterocycles. The first-order chi connectivity index (χ1) is 13.5. The molecule has 7 nitrogen and oxygen atoms in total. The van der Waals surface area contributed by atoms with Crippen molar-refractivity contribution in [1.29, 1.82) is 0 Å². The predicted octanol–water partition coefficient (Wildman–Crippen LogP) is 2.51. The largest absolute Gasteiger partial charge is 0.343 e. The number of nitrogens with one attached hydrogen (secondary N) is 1. The lowest BCUT2D eigenvalue weighted by molar-refractivity contribution is -0.134. The summed E-state index contributed by atoms with van der Waals surface area (Å²) in [7, 11) is 0. The Morgan fingerprint density at radius 2 is 1.93 bits per heavy atom. The zero-order chi connectivity index (χ0) is 19.7. The number of carbonyl (C=O) groups is 2. The van der Waals surface area contributed by atoms with Crippen LogP contribution in [0.5, 0.6) is 0 Å². The van der Waals surface area contributed by atoms with Gasteiger partial charge in [-0.3, -0.25) is 9.59 Å². The molecule has 1 saturated carbocycles. The monoisotopic (exact) mass is 381 g/mol. The maximum atomic E-state index is 12.9. The molecule has 2 aromatic rings. The van der Waals surface area contributed by atoms with Gasteiger partial charge in [0.15, 0.2) is 5.82 Å². The molecule has 1 aliphatic carbocycles. The van der Waals surface area contributed by atoms with E-state index in [-0.39, 0.29) is 24.4 Å². The van der Waals surface area contributed by atoms with Crippen molar-refractivity contribution in [1.82, 2.24) is 25.0 Å². The van der Waals surface area contributed by atoms with Crippen LogP contribution in [0.3, 0.4) is 0 Å². The number of hydrogen-bond donors (Lipinski definition) is 1. The summed E-state index contributed by atoms with van der Waals surface area (Å²) in [6.07, 6.45) is 3.15. The number of hydrogen-bond acceptors (Lipinski definition) is 4. The van der Waals surface area contributed by atoms with Crippen LogP contribution in [0.15, 0.2) is 30.3 Å². The Bertz CT molecular complexity index is 857.